The third-order valence-electron chi connectivity index (χ3n) is 3.38. The van der Waals surface area contributed by atoms with Crippen molar-refractivity contribution < 1.29 is 4.79 Å². The van der Waals surface area contributed by atoms with Crippen LogP contribution in [0, 0.1) is 6.92 Å². The zero-order valence-electron chi connectivity index (χ0n) is 12.5. The first-order valence-corrected chi connectivity index (χ1v) is 7.76. The molecule has 2 rings (SSSR count). The fraction of sp³-hybridized carbons (Fsp3) is 0.235. The van der Waals surface area contributed by atoms with Crippen LogP contribution in [0.3, 0.4) is 0 Å². The van der Waals surface area contributed by atoms with Gasteiger partial charge in [-0.05, 0) is 55.3 Å². The smallest absolute Gasteiger partial charge is 0.239 e. The van der Waals surface area contributed by atoms with Gasteiger partial charge < -0.3 is 10.6 Å². The van der Waals surface area contributed by atoms with Gasteiger partial charge in [-0.25, -0.2) is 0 Å². The number of hydrogen-bond acceptors (Lipinski definition) is 2. The number of benzene rings is 2. The molecule has 3 nitrogen and oxygen atoms in total. The van der Waals surface area contributed by atoms with E-state index in [1.165, 1.54) is 0 Å². The molecule has 0 aliphatic heterocycles. The molecule has 0 heterocycles. The Hall–Kier alpha value is -1.71. The Morgan fingerprint density at radius 2 is 1.73 bits per heavy atom. The minimum absolute atomic E-state index is 0.0714. The van der Waals surface area contributed by atoms with E-state index in [0.717, 1.165) is 16.8 Å². The summed E-state index contributed by atoms with van der Waals surface area (Å²) in [6, 6.07) is 12.9. The van der Waals surface area contributed by atoms with Gasteiger partial charge in [0.25, 0.3) is 0 Å². The van der Waals surface area contributed by atoms with E-state index < -0.39 is 0 Å². The highest BCUT2D eigenvalue weighted by molar-refractivity contribution is 6.30. The van der Waals surface area contributed by atoms with Crippen molar-refractivity contribution in [1.29, 1.82) is 0 Å². The summed E-state index contributed by atoms with van der Waals surface area (Å²) in [5.41, 5.74) is 2.92. The van der Waals surface area contributed by atoms with Crippen LogP contribution in [0.1, 0.15) is 24.1 Å². The minimum atomic E-state index is -0.0724. The van der Waals surface area contributed by atoms with Crippen LogP contribution < -0.4 is 10.6 Å². The van der Waals surface area contributed by atoms with E-state index >= 15 is 0 Å². The predicted molar refractivity (Wildman–Crippen MR) is 92.7 cm³/mol. The number of hydrogen-bond donors (Lipinski definition) is 2. The lowest BCUT2D eigenvalue weighted by molar-refractivity contribution is -0.120. The number of carbonyl (C=O) groups excluding carboxylic acids is 1. The van der Waals surface area contributed by atoms with Crippen molar-refractivity contribution in [2.45, 2.75) is 19.9 Å². The molecule has 0 aromatic heterocycles. The summed E-state index contributed by atoms with van der Waals surface area (Å²) in [6.07, 6.45) is 0. The molecule has 1 unspecified atom stereocenters. The first kappa shape index (κ1) is 16.7. The van der Waals surface area contributed by atoms with Crippen LogP contribution in [-0.4, -0.2) is 12.5 Å². The molecule has 0 aliphatic carbocycles. The largest absolute Gasteiger partial charge is 0.376 e. The van der Waals surface area contributed by atoms with E-state index in [1.807, 2.05) is 50.2 Å². The molecule has 1 atom stereocenters. The van der Waals surface area contributed by atoms with Gasteiger partial charge in [0, 0.05) is 15.7 Å². The van der Waals surface area contributed by atoms with Gasteiger partial charge in [-0.3, -0.25) is 4.79 Å². The molecule has 0 saturated heterocycles. The first-order valence-electron chi connectivity index (χ1n) is 7.00. The van der Waals surface area contributed by atoms with E-state index in [2.05, 4.69) is 10.6 Å². The quantitative estimate of drug-likeness (QED) is 0.838. The van der Waals surface area contributed by atoms with Crippen molar-refractivity contribution in [3.8, 4) is 0 Å². The Bertz CT molecular complexity index is 656. The molecule has 0 spiro atoms. The molecule has 0 radical (unpaired) electrons. The Labute approximate surface area is 140 Å². The van der Waals surface area contributed by atoms with E-state index in [-0.39, 0.29) is 18.5 Å². The van der Waals surface area contributed by atoms with Crippen molar-refractivity contribution in [2.24, 2.45) is 0 Å². The average molecular weight is 337 g/mol. The number of aryl methyl sites for hydroxylation is 1. The molecule has 0 bridgehead atoms. The minimum Gasteiger partial charge on any atom is -0.376 e. The van der Waals surface area contributed by atoms with E-state index in [1.54, 1.807) is 6.07 Å². The summed E-state index contributed by atoms with van der Waals surface area (Å²) in [5, 5.41) is 7.43. The molecule has 5 heteroatoms. The topological polar surface area (TPSA) is 41.1 Å². The molecule has 0 aliphatic rings. The monoisotopic (exact) mass is 336 g/mol. The molecule has 22 heavy (non-hydrogen) atoms. The Balaban J connectivity index is 1.88. The van der Waals surface area contributed by atoms with Crippen LogP contribution in [0.5, 0.6) is 0 Å². The van der Waals surface area contributed by atoms with Crippen LogP contribution in [0.4, 0.5) is 5.69 Å². The molecule has 2 N–H and O–H groups in total. The fourth-order valence-corrected chi connectivity index (χ4v) is 2.48. The summed E-state index contributed by atoms with van der Waals surface area (Å²) in [4.78, 5) is 12.0. The molecule has 116 valence electrons. The molecular formula is C17H18Cl2N2O. The highest BCUT2D eigenvalue weighted by Crippen LogP contribution is 2.19. The van der Waals surface area contributed by atoms with Gasteiger partial charge in [-0.2, -0.15) is 0 Å². The van der Waals surface area contributed by atoms with Crippen molar-refractivity contribution in [1.82, 2.24) is 5.32 Å². The van der Waals surface area contributed by atoms with E-state index in [4.69, 9.17) is 23.2 Å². The van der Waals surface area contributed by atoms with Crippen LogP contribution in [0.15, 0.2) is 42.5 Å². The second-order valence-electron chi connectivity index (χ2n) is 5.15. The molecule has 1 amide bonds. The normalized spacial score (nSPS) is 11.8. The number of anilines is 1. The molecular weight excluding hydrogens is 319 g/mol. The summed E-state index contributed by atoms with van der Waals surface area (Å²) in [5.74, 6) is -0.0724. The standard InChI is InChI=1S/C17H18Cl2N2O/c1-11-9-15(19)7-8-16(11)20-10-17(22)21-12(2)13-3-5-14(18)6-4-13/h3-9,12,20H,10H2,1-2H3,(H,21,22). The number of amides is 1. The zero-order valence-corrected chi connectivity index (χ0v) is 14.0. The van der Waals surface area contributed by atoms with E-state index in [0.29, 0.717) is 10.0 Å². The third-order valence-corrected chi connectivity index (χ3v) is 3.86. The van der Waals surface area contributed by atoms with E-state index in [9.17, 15) is 4.79 Å². The third kappa shape index (κ3) is 4.65. The van der Waals surface area contributed by atoms with Gasteiger partial charge in [-0.15, -0.1) is 0 Å². The second kappa shape index (κ2) is 7.52. The number of rotatable bonds is 5. The van der Waals surface area contributed by atoms with Gasteiger partial charge in [0.05, 0.1) is 12.6 Å². The van der Waals surface area contributed by atoms with Crippen molar-refractivity contribution in [3.63, 3.8) is 0 Å². The maximum Gasteiger partial charge on any atom is 0.239 e. The Morgan fingerprint density at radius 1 is 1.09 bits per heavy atom. The van der Waals surface area contributed by atoms with Gasteiger partial charge in [0.2, 0.25) is 5.91 Å². The first-order chi connectivity index (χ1) is 10.5. The maximum atomic E-state index is 12.0. The lowest BCUT2D eigenvalue weighted by Gasteiger charge is -2.15. The number of halogens is 2. The fourth-order valence-electron chi connectivity index (χ4n) is 2.13. The maximum absolute atomic E-state index is 12.0. The van der Waals surface area contributed by atoms with Gasteiger partial charge in [-0.1, -0.05) is 35.3 Å². The SMILES string of the molecule is Cc1cc(Cl)ccc1NCC(=O)NC(C)c1ccc(Cl)cc1. The average Bonchev–Trinajstić information content (AvgIpc) is 2.47. The van der Waals surface area contributed by atoms with Crippen molar-refractivity contribution >= 4 is 34.8 Å². The van der Waals surface area contributed by atoms with Crippen LogP contribution in [0.2, 0.25) is 10.0 Å². The zero-order chi connectivity index (χ0) is 16.1. The van der Waals surface area contributed by atoms with Crippen molar-refractivity contribution in [3.05, 3.63) is 63.6 Å². The van der Waals surface area contributed by atoms with Crippen LogP contribution >= 0.6 is 23.2 Å². The highest BCUT2D eigenvalue weighted by atomic mass is 35.5. The van der Waals surface area contributed by atoms with Crippen LogP contribution in [0.25, 0.3) is 0 Å². The molecule has 2 aromatic carbocycles. The summed E-state index contributed by atoms with van der Waals surface area (Å²) < 4.78 is 0. The number of carbonyl (C=O) groups is 1. The summed E-state index contributed by atoms with van der Waals surface area (Å²) >= 11 is 11.8. The van der Waals surface area contributed by atoms with Crippen molar-refractivity contribution in [2.75, 3.05) is 11.9 Å². The second-order valence-corrected chi connectivity index (χ2v) is 6.03. The van der Waals surface area contributed by atoms with Gasteiger partial charge >= 0.3 is 0 Å². The van der Waals surface area contributed by atoms with Crippen LogP contribution in [-0.2, 0) is 4.79 Å². The lowest BCUT2D eigenvalue weighted by Crippen LogP contribution is -2.32. The molecule has 0 fully saturated rings. The highest BCUT2D eigenvalue weighted by Gasteiger charge is 2.09. The number of nitrogens with one attached hydrogen (secondary N) is 2. The molecule has 0 saturated carbocycles. The Kier molecular flexibility index (Phi) is 5.69. The Morgan fingerprint density at radius 3 is 2.36 bits per heavy atom. The summed E-state index contributed by atoms with van der Waals surface area (Å²) in [6.45, 7) is 4.09. The lowest BCUT2D eigenvalue weighted by atomic mass is 10.1. The van der Waals surface area contributed by atoms with Gasteiger partial charge in [0.1, 0.15) is 0 Å². The predicted octanol–water partition coefficient (Wildman–Crippen LogP) is 4.59. The summed E-state index contributed by atoms with van der Waals surface area (Å²) in [7, 11) is 0. The van der Waals surface area contributed by atoms with Gasteiger partial charge in [0.15, 0.2) is 0 Å². The molecule has 2 aromatic rings.